The molecule has 0 saturated carbocycles. The Morgan fingerprint density at radius 3 is 2.48 bits per heavy atom. The second-order valence-corrected chi connectivity index (χ2v) is 7.04. The van der Waals surface area contributed by atoms with E-state index in [1.807, 2.05) is 54.6 Å². The summed E-state index contributed by atoms with van der Waals surface area (Å²) in [6, 6.07) is 24.8. The van der Waals surface area contributed by atoms with Gasteiger partial charge in [-0.3, -0.25) is 4.79 Å². The highest BCUT2D eigenvalue weighted by atomic mass is 16.5. The van der Waals surface area contributed by atoms with Crippen LogP contribution in [0.15, 0.2) is 72.8 Å². The number of nitrogens with one attached hydrogen (secondary N) is 2. The van der Waals surface area contributed by atoms with Crippen LogP contribution in [-0.2, 0) is 17.9 Å². The van der Waals surface area contributed by atoms with Crippen LogP contribution in [0.1, 0.15) is 34.6 Å². The van der Waals surface area contributed by atoms with E-state index >= 15 is 0 Å². The highest BCUT2D eigenvalue weighted by molar-refractivity contribution is 5.86. The number of hydrogen-bond donors (Lipinski definition) is 3. The van der Waals surface area contributed by atoms with Gasteiger partial charge in [-0.1, -0.05) is 48.5 Å². The fourth-order valence-corrected chi connectivity index (χ4v) is 3.15. The Hall–Kier alpha value is -4.11. The second kappa shape index (κ2) is 10.6. The average molecular weight is 413 g/mol. The van der Waals surface area contributed by atoms with E-state index in [2.05, 4.69) is 5.32 Å². The molecule has 31 heavy (non-hydrogen) atoms. The Morgan fingerprint density at radius 1 is 1.10 bits per heavy atom. The zero-order chi connectivity index (χ0) is 22.1. The van der Waals surface area contributed by atoms with E-state index in [9.17, 15) is 4.79 Å². The molecule has 6 heteroatoms. The normalized spacial score (nSPS) is 11.2. The lowest BCUT2D eigenvalue weighted by Crippen LogP contribution is -2.05. The average Bonchev–Trinajstić information content (AvgIpc) is 2.81. The van der Waals surface area contributed by atoms with E-state index in [1.54, 1.807) is 24.3 Å². The molecule has 3 rings (SSSR count). The number of rotatable bonds is 10. The van der Waals surface area contributed by atoms with Crippen molar-refractivity contribution in [2.45, 2.75) is 25.5 Å². The number of hydrogen-bond acceptors (Lipinski definition) is 5. The van der Waals surface area contributed by atoms with Crippen molar-refractivity contribution in [1.29, 1.82) is 10.7 Å². The van der Waals surface area contributed by atoms with Crippen LogP contribution in [0, 0.1) is 16.7 Å². The lowest BCUT2D eigenvalue weighted by molar-refractivity contribution is -0.137. The highest BCUT2D eigenvalue weighted by Crippen LogP contribution is 2.23. The lowest BCUT2D eigenvalue weighted by Gasteiger charge is -2.13. The van der Waals surface area contributed by atoms with Crippen molar-refractivity contribution < 1.29 is 14.6 Å². The highest BCUT2D eigenvalue weighted by Gasteiger charge is 2.14. The first kappa shape index (κ1) is 21.6. The molecule has 3 N–H and O–H groups in total. The van der Waals surface area contributed by atoms with Crippen LogP contribution in [0.25, 0.3) is 0 Å². The Balaban J connectivity index is 1.60. The number of carbonyl (C=O) groups is 1. The maximum Gasteiger partial charge on any atom is 0.305 e. The first-order valence-corrected chi connectivity index (χ1v) is 9.84. The molecule has 6 nitrogen and oxygen atoms in total. The van der Waals surface area contributed by atoms with Crippen LogP contribution >= 0.6 is 0 Å². The largest absolute Gasteiger partial charge is 0.489 e. The van der Waals surface area contributed by atoms with E-state index in [0.717, 1.165) is 22.4 Å². The smallest absolute Gasteiger partial charge is 0.305 e. The van der Waals surface area contributed by atoms with Crippen molar-refractivity contribution in [3.8, 4) is 11.8 Å². The fourth-order valence-electron chi connectivity index (χ4n) is 3.15. The van der Waals surface area contributed by atoms with Gasteiger partial charge in [0.25, 0.3) is 0 Å². The molecular formula is C25H23N3O3. The Bertz CT molecular complexity index is 1070. The molecule has 156 valence electrons. The molecule has 0 saturated heterocycles. The minimum atomic E-state index is -1.00. The van der Waals surface area contributed by atoms with Gasteiger partial charge in [0.2, 0.25) is 0 Å². The molecule has 3 aromatic rings. The molecule has 1 atom stereocenters. The molecule has 0 aliphatic rings. The topological polar surface area (TPSA) is 106 Å². The molecule has 0 amide bonds. The fraction of sp³-hybridized carbons (Fsp3) is 0.160. The predicted octanol–water partition coefficient (Wildman–Crippen LogP) is 4.96. The van der Waals surface area contributed by atoms with E-state index in [0.29, 0.717) is 24.5 Å². The van der Waals surface area contributed by atoms with Crippen molar-refractivity contribution in [3.05, 3.63) is 95.1 Å². The van der Waals surface area contributed by atoms with Gasteiger partial charge in [-0.2, -0.15) is 5.26 Å². The van der Waals surface area contributed by atoms with Gasteiger partial charge in [-0.05, 0) is 41.0 Å². The summed E-state index contributed by atoms with van der Waals surface area (Å²) in [5.74, 6) is -1.06. The number of carboxylic acids is 1. The number of nitrogens with zero attached hydrogens (tertiary/aromatic N) is 1. The minimum absolute atomic E-state index is 0.228. The van der Waals surface area contributed by atoms with Crippen molar-refractivity contribution in [2.24, 2.45) is 0 Å². The monoisotopic (exact) mass is 413 g/mol. The van der Waals surface area contributed by atoms with Crippen molar-refractivity contribution >= 4 is 17.9 Å². The first-order chi connectivity index (χ1) is 15.1. The van der Waals surface area contributed by atoms with Gasteiger partial charge in [-0.25, -0.2) is 0 Å². The summed E-state index contributed by atoms with van der Waals surface area (Å²) in [6.45, 7) is 1.01. The van der Waals surface area contributed by atoms with Crippen molar-refractivity contribution in [2.75, 3.05) is 5.32 Å². The minimum Gasteiger partial charge on any atom is -0.489 e. The summed E-state index contributed by atoms with van der Waals surface area (Å²) >= 11 is 0. The molecule has 0 aliphatic heterocycles. The number of nitriles is 1. The zero-order valence-corrected chi connectivity index (χ0v) is 16.9. The third kappa shape index (κ3) is 6.18. The summed E-state index contributed by atoms with van der Waals surface area (Å²) in [5, 5.41) is 29.1. The van der Waals surface area contributed by atoms with Gasteiger partial charge in [0.1, 0.15) is 12.4 Å². The summed E-state index contributed by atoms with van der Waals surface area (Å²) in [7, 11) is 0. The van der Waals surface area contributed by atoms with Gasteiger partial charge >= 0.3 is 5.97 Å². The Labute approximate surface area is 181 Å². The maximum atomic E-state index is 10.9. The van der Waals surface area contributed by atoms with E-state index in [1.165, 1.54) is 6.21 Å². The number of ether oxygens (including phenoxy) is 1. The Kier molecular flexibility index (Phi) is 7.39. The molecular weight excluding hydrogens is 390 g/mol. The number of carboxylic acid groups (broad SMARTS) is 1. The van der Waals surface area contributed by atoms with E-state index < -0.39 is 11.9 Å². The lowest BCUT2D eigenvalue weighted by atomic mass is 9.97. The van der Waals surface area contributed by atoms with Crippen LogP contribution in [-0.4, -0.2) is 17.3 Å². The summed E-state index contributed by atoms with van der Waals surface area (Å²) in [5.41, 5.74) is 4.40. The quantitative estimate of drug-likeness (QED) is 0.408. The van der Waals surface area contributed by atoms with Crippen molar-refractivity contribution in [3.63, 3.8) is 0 Å². The number of aliphatic carboxylic acids is 1. The molecule has 0 aromatic heterocycles. The molecule has 0 aliphatic carbocycles. The maximum absolute atomic E-state index is 10.9. The van der Waals surface area contributed by atoms with Crippen LogP contribution < -0.4 is 10.1 Å². The van der Waals surface area contributed by atoms with Gasteiger partial charge in [-0.15, -0.1) is 0 Å². The first-order valence-electron chi connectivity index (χ1n) is 9.84. The molecule has 0 heterocycles. The summed E-state index contributed by atoms with van der Waals surface area (Å²) < 4.78 is 5.82. The summed E-state index contributed by atoms with van der Waals surface area (Å²) in [4.78, 5) is 10.9. The van der Waals surface area contributed by atoms with Gasteiger partial charge < -0.3 is 20.6 Å². The standard InChI is InChI=1S/C25H23N3O3/c26-14-21(13-25(29)30)20-7-9-23(10-8-20)31-17-19-6-11-24(22(12-19)15-27)28-16-18-4-2-1-3-5-18/h1-12,15,21,27-28H,13,16-17H2,(H,29,30). The molecule has 0 spiro atoms. The number of anilines is 1. The third-order valence-corrected chi connectivity index (χ3v) is 4.82. The van der Waals surface area contributed by atoms with Gasteiger partial charge in [0.15, 0.2) is 0 Å². The molecule has 0 radical (unpaired) electrons. The zero-order valence-electron chi connectivity index (χ0n) is 16.9. The van der Waals surface area contributed by atoms with Gasteiger partial charge in [0, 0.05) is 24.0 Å². The van der Waals surface area contributed by atoms with Crippen LogP contribution in [0.4, 0.5) is 5.69 Å². The molecule has 0 bridgehead atoms. The van der Waals surface area contributed by atoms with E-state index in [4.69, 9.17) is 20.5 Å². The number of benzene rings is 3. The van der Waals surface area contributed by atoms with Gasteiger partial charge in [0.05, 0.1) is 18.4 Å². The molecule has 1 unspecified atom stereocenters. The SMILES string of the molecule is N#CC(CC(=O)O)c1ccc(OCc2ccc(NCc3ccccc3)c(C=N)c2)cc1. The molecule has 0 fully saturated rings. The van der Waals surface area contributed by atoms with Crippen LogP contribution in [0.5, 0.6) is 5.75 Å². The second-order valence-electron chi connectivity index (χ2n) is 7.04. The third-order valence-electron chi connectivity index (χ3n) is 4.82. The van der Waals surface area contributed by atoms with Crippen LogP contribution in [0.2, 0.25) is 0 Å². The molecule has 3 aromatic carbocycles. The Morgan fingerprint density at radius 2 is 1.84 bits per heavy atom. The van der Waals surface area contributed by atoms with Crippen LogP contribution in [0.3, 0.4) is 0 Å². The summed E-state index contributed by atoms with van der Waals surface area (Å²) in [6.07, 6.45) is 1.09. The predicted molar refractivity (Wildman–Crippen MR) is 119 cm³/mol. The van der Waals surface area contributed by atoms with Crippen molar-refractivity contribution in [1.82, 2.24) is 0 Å². The van der Waals surface area contributed by atoms with E-state index in [-0.39, 0.29) is 6.42 Å².